The first-order chi connectivity index (χ1) is 11.8. The Morgan fingerprint density at radius 1 is 1.12 bits per heavy atom. The highest BCUT2D eigenvalue weighted by Gasteiger charge is 2.40. The molecule has 1 saturated heterocycles. The van der Waals surface area contributed by atoms with Crippen LogP contribution in [-0.4, -0.2) is 29.3 Å². The lowest BCUT2D eigenvalue weighted by Crippen LogP contribution is -2.51. The summed E-state index contributed by atoms with van der Waals surface area (Å²) in [5, 5.41) is 3.73. The number of ether oxygens (including phenoxy) is 2. The molecule has 0 radical (unpaired) electrons. The molecule has 24 heavy (non-hydrogen) atoms. The Kier molecular flexibility index (Phi) is 3.47. The van der Waals surface area contributed by atoms with Gasteiger partial charge in [-0.25, -0.2) is 4.98 Å². The van der Waals surface area contributed by atoms with Gasteiger partial charge in [0.05, 0.1) is 30.8 Å². The van der Waals surface area contributed by atoms with E-state index in [2.05, 4.69) is 28.1 Å². The molecule has 5 rings (SSSR count). The number of nitrogens with zero attached hydrogens (tertiary/aromatic N) is 2. The van der Waals surface area contributed by atoms with E-state index in [9.17, 15) is 0 Å². The topological polar surface area (TPSA) is 48.3 Å². The molecule has 0 unspecified atom stereocenters. The van der Waals surface area contributed by atoms with Crippen LogP contribution in [0.25, 0.3) is 0 Å². The van der Waals surface area contributed by atoms with Crippen molar-refractivity contribution in [1.82, 2.24) is 14.9 Å². The van der Waals surface area contributed by atoms with Crippen LogP contribution in [0.4, 0.5) is 0 Å². The first-order valence-electron chi connectivity index (χ1n) is 8.90. The molecular weight excluding hydrogens is 302 g/mol. The van der Waals surface area contributed by atoms with Crippen molar-refractivity contribution >= 4 is 0 Å². The molecule has 2 aromatic rings. The molecule has 3 aliphatic heterocycles. The zero-order chi connectivity index (χ0) is 16.0. The highest BCUT2D eigenvalue weighted by atomic mass is 16.5. The van der Waals surface area contributed by atoms with E-state index in [1.807, 2.05) is 6.33 Å². The minimum atomic E-state index is 0.0306. The zero-order valence-corrected chi connectivity index (χ0v) is 13.9. The van der Waals surface area contributed by atoms with Crippen LogP contribution in [0.15, 0.2) is 24.5 Å². The Morgan fingerprint density at radius 2 is 2.00 bits per heavy atom. The molecule has 5 heteroatoms. The number of nitrogens with one attached hydrogen (secondary N) is 1. The van der Waals surface area contributed by atoms with Crippen LogP contribution in [0, 0.1) is 0 Å². The fourth-order valence-corrected chi connectivity index (χ4v) is 4.36. The van der Waals surface area contributed by atoms with Crippen molar-refractivity contribution in [3.8, 4) is 0 Å². The lowest BCUT2D eigenvalue weighted by molar-refractivity contribution is 0.0322. The molecule has 0 aliphatic carbocycles. The minimum absolute atomic E-state index is 0.0306. The summed E-state index contributed by atoms with van der Waals surface area (Å²) in [7, 11) is 0. The van der Waals surface area contributed by atoms with Crippen molar-refractivity contribution in [2.24, 2.45) is 0 Å². The molecule has 126 valence electrons. The monoisotopic (exact) mass is 325 g/mol. The summed E-state index contributed by atoms with van der Waals surface area (Å²) in [5.41, 5.74) is 6.68. The van der Waals surface area contributed by atoms with E-state index in [-0.39, 0.29) is 5.54 Å². The van der Waals surface area contributed by atoms with Crippen LogP contribution in [-0.2, 0) is 41.2 Å². The molecule has 4 heterocycles. The Morgan fingerprint density at radius 3 is 2.92 bits per heavy atom. The molecule has 1 aromatic carbocycles. The number of hydrogen-bond donors (Lipinski definition) is 1. The predicted molar refractivity (Wildman–Crippen MR) is 89.7 cm³/mol. The third kappa shape index (κ3) is 2.31. The van der Waals surface area contributed by atoms with E-state index in [0.29, 0.717) is 0 Å². The largest absolute Gasteiger partial charge is 0.381 e. The molecule has 5 nitrogen and oxygen atoms in total. The van der Waals surface area contributed by atoms with Crippen LogP contribution in [0.1, 0.15) is 40.9 Å². The van der Waals surface area contributed by atoms with Crippen molar-refractivity contribution in [2.45, 2.75) is 44.6 Å². The summed E-state index contributed by atoms with van der Waals surface area (Å²) in [6.45, 7) is 5.07. The maximum Gasteiger partial charge on any atom is 0.0955 e. The molecule has 0 atom stereocenters. The Hall–Kier alpha value is -1.69. The van der Waals surface area contributed by atoms with Gasteiger partial charge in [0.2, 0.25) is 0 Å². The van der Waals surface area contributed by atoms with Gasteiger partial charge in [0.25, 0.3) is 0 Å². The summed E-state index contributed by atoms with van der Waals surface area (Å²) >= 11 is 0. The second kappa shape index (κ2) is 5.69. The van der Waals surface area contributed by atoms with Crippen LogP contribution in [0.2, 0.25) is 0 Å². The van der Waals surface area contributed by atoms with E-state index < -0.39 is 0 Å². The summed E-state index contributed by atoms with van der Waals surface area (Å²) in [5.74, 6) is 0. The van der Waals surface area contributed by atoms with Crippen molar-refractivity contribution in [2.75, 3.05) is 19.8 Å². The van der Waals surface area contributed by atoms with Gasteiger partial charge in [-0.15, -0.1) is 0 Å². The SMILES string of the molecule is c1cc2c(cc1Cn1cnc3c1CCNC31CCOCC1)COC2. The van der Waals surface area contributed by atoms with Gasteiger partial charge in [-0.1, -0.05) is 18.2 Å². The number of hydrogen-bond acceptors (Lipinski definition) is 4. The lowest BCUT2D eigenvalue weighted by atomic mass is 9.82. The standard InChI is InChI=1S/C19H23N3O2/c1-2-15-11-24-12-16(15)9-14(1)10-22-13-20-18-17(22)3-6-21-19(18)4-7-23-8-5-19/h1-2,9,13,21H,3-8,10-12H2. The Bertz CT molecular complexity index is 762. The highest BCUT2D eigenvalue weighted by Crippen LogP contribution is 2.36. The summed E-state index contributed by atoms with van der Waals surface area (Å²) < 4.78 is 13.4. The smallest absolute Gasteiger partial charge is 0.0955 e. The van der Waals surface area contributed by atoms with Crippen molar-refractivity contribution < 1.29 is 9.47 Å². The highest BCUT2D eigenvalue weighted by molar-refractivity contribution is 5.34. The maximum absolute atomic E-state index is 5.57. The first-order valence-corrected chi connectivity index (χ1v) is 8.90. The van der Waals surface area contributed by atoms with Crippen LogP contribution in [0.5, 0.6) is 0 Å². The zero-order valence-electron chi connectivity index (χ0n) is 13.9. The number of benzene rings is 1. The van der Waals surface area contributed by atoms with Crippen molar-refractivity contribution in [3.63, 3.8) is 0 Å². The number of imidazole rings is 1. The molecule has 0 bridgehead atoms. The molecule has 1 N–H and O–H groups in total. The average Bonchev–Trinajstić information content (AvgIpc) is 3.24. The second-order valence-corrected chi connectivity index (χ2v) is 7.13. The van der Waals surface area contributed by atoms with E-state index in [1.54, 1.807) is 0 Å². The second-order valence-electron chi connectivity index (χ2n) is 7.13. The van der Waals surface area contributed by atoms with Crippen LogP contribution >= 0.6 is 0 Å². The molecule has 1 fully saturated rings. The van der Waals surface area contributed by atoms with Crippen molar-refractivity contribution in [1.29, 1.82) is 0 Å². The quantitative estimate of drug-likeness (QED) is 0.919. The van der Waals surface area contributed by atoms with E-state index >= 15 is 0 Å². The minimum Gasteiger partial charge on any atom is -0.381 e. The summed E-state index contributed by atoms with van der Waals surface area (Å²) in [6.07, 6.45) is 5.12. The summed E-state index contributed by atoms with van der Waals surface area (Å²) in [4.78, 5) is 4.82. The lowest BCUT2D eigenvalue weighted by Gasteiger charge is -2.40. The van der Waals surface area contributed by atoms with Gasteiger partial charge >= 0.3 is 0 Å². The fraction of sp³-hybridized carbons (Fsp3) is 0.526. The molecule has 0 amide bonds. The normalized spacial score (nSPS) is 21.7. The van der Waals surface area contributed by atoms with Gasteiger partial charge in [0.1, 0.15) is 0 Å². The number of rotatable bonds is 2. The van der Waals surface area contributed by atoms with E-state index in [0.717, 1.165) is 58.8 Å². The molecule has 1 spiro atoms. The van der Waals surface area contributed by atoms with Gasteiger partial charge in [-0.05, 0) is 29.5 Å². The van der Waals surface area contributed by atoms with E-state index in [4.69, 9.17) is 14.5 Å². The molecular formula is C19H23N3O2. The van der Waals surface area contributed by atoms with Crippen LogP contribution in [0.3, 0.4) is 0 Å². The Labute approximate surface area is 142 Å². The number of aromatic nitrogens is 2. The average molecular weight is 325 g/mol. The molecule has 1 aromatic heterocycles. The van der Waals surface area contributed by atoms with Crippen LogP contribution < -0.4 is 5.32 Å². The maximum atomic E-state index is 5.57. The fourth-order valence-electron chi connectivity index (χ4n) is 4.36. The number of fused-ring (bicyclic) bond motifs is 3. The van der Waals surface area contributed by atoms with Gasteiger partial charge in [-0.3, -0.25) is 0 Å². The van der Waals surface area contributed by atoms with Gasteiger partial charge in [0.15, 0.2) is 0 Å². The summed E-state index contributed by atoms with van der Waals surface area (Å²) in [6, 6.07) is 6.73. The Balaban J connectivity index is 1.46. The van der Waals surface area contributed by atoms with Crippen molar-refractivity contribution in [3.05, 3.63) is 52.6 Å². The van der Waals surface area contributed by atoms with Gasteiger partial charge in [-0.2, -0.15) is 0 Å². The third-order valence-electron chi connectivity index (χ3n) is 5.71. The molecule has 3 aliphatic rings. The predicted octanol–water partition coefficient (Wildman–Crippen LogP) is 2.11. The third-order valence-corrected chi connectivity index (χ3v) is 5.71. The van der Waals surface area contributed by atoms with Gasteiger partial charge in [0, 0.05) is 38.4 Å². The van der Waals surface area contributed by atoms with E-state index in [1.165, 1.54) is 28.1 Å². The van der Waals surface area contributed by atoms with Gasteiger partial charge < -0.3 is 19.4 Å². The first kappa shape index (κ1) is 14.6. The molecule has 0 saturated carbocycles.